The number of amides is 1. The van der Waals surface area contributed by atoms with E-state index < -0.39 is 9.84 Å². The molecule has 1 aliphatic rings. The van der Waals surface area contributed by atoms with Gasteiger partial charge in [-0.05, 0) is 48.7 Å². The Balaban J connectivity index is 1.32. The Kier molecular flexibility index (Phi) is 6.05. The number of aromatic nitrogens is 1. The molecule has 1 fully saturated rings. The van der Waals surface area contributed by atoms with Crippen molar-refractivity contribution in [2.75, 3.05) is 23.7 Å². The lowest BCUT2D eigenvalue weighted by Crippen LogP contribution is -2.45. The number of sulfone groups is 1. The van der Waals surface area contributed by atoms with Gasteiger partial charge in [0.25, 0.3) is 0 Å². The zero-order valence-electron chi connectivity index (χ0n) is 18.0. The first-order chi connectivity index (χ1) is 14.9. The van der Waals surface area contributed by atoms with E-state index in [4.69, 9.17) is 0 Å². The first-order valence-electron chi connectivity index (χ1n) is 10.8. The van der Waals surface area contributed by atoms with Crippen LogP contribution in [0.5, 0.6) is 0 Å². The van der Waals surface area contributed by atoms with Crippen molar-refractivity contribution >= 4 is 32.3 Å². The molecule has 0 bridgehead atoms. The molecule has 1 N–H and O–H groups in total. The number of anilines is 1. The Bertz CT molecular complexity index is 1170. The summed E-state index contributed by atoms with van der Waals surface area (Å²) in [5.41, 5.74) is 3.21. The maximum absolute atomic E-state index is 12.7. The van der Waals surface area contributed by atoms with Gasteiger partial charge in [0, 0.05) is 49.0 Å². The van der Waals surface area contributed by atoms with E-state index in [1.165, 1.54) is 0 Å². The molecule has 1 aliphatic heterocycles. The van der Waals surface area contributed by atoms with E-state index in [1.54, 1.807) is 19.1 Å². The average molecular weight is 440 g/mol. The highest BCUT2D eigenvalue weighted by Crippen LogP contribution is 2.23. The third-order valence-electron chi connectivity index (χ3n) is 6.13. The standard InChI is InChI=1S/C24H29N3O3S/c1-3-31(29,30)21-10-8-20(9-11-21)27-14-12-19(13-15-27)25-24(28)16-18-17-26(2)23-7-5-4-6-22(18)23/h4-11,17,19H,3,12-16H2,1-2H3,(H,25,28). The second-order valence-corrected chi connectivity index (χ2v) is 10.5. The van der Waals surface area contributed by atoms with Crippen LogP contribution in [0, 0.1) is 0 Å². The molecule has 6 nitrogen and oxygen atoms in total. The van der Waals surface area contributed by atoms with Crippen LogP contribution in [0.2, 0.25) is 0 Å². The van der Waals surface area contributed by atoms with Gasteiger partial charge in [-0.15, -0.1) is 0 Å². The Morgan fingerprint density at radius 1 is 1.06 bits per heavy atom. The third-order valence-corrected chi connectivity index (χ3v) is 7.88. The monoisotopic (exact) mass is 439 g/mol. The summed E-state index contributed by atoms with van der Waals surface area (Å²) in [6, 6.07) is 15.4. The summed E-state index contributed by atoms with van der Waals surface area (Å²) in [7, 11) is -1.17. The summed E-state index contributed by atoms with van der Waals surface area (Å²) >= 11 is 0. The van der Waals surface area contributed by atoms with Crippen molar-refractivity contribution in [3.05, 3.63) is 60.3 Å². The lowest BCUT2D eigenvalue weighted by atomic mass is 10.0. The van der Waals surface area contributed by atoms with Gasteiger partial charge in [-0.1, -0.05) is 25.1 Å². The molecule has 2 aromatic carbocycles. The van der Waals surface area contributed by atoms with Gasteiger partial charge < -0.3 is 14.8 Å². The number of piperidine rings is 1. The summed E-state index contributed by atoms with van der Waals surface area (Å²) in [5, 5.41) is 4.32. The first kappa shape index (κ1) is 21.4. The summed E-state index contributed by atoms with van der Waals surface area (Å²) in [6.45, 7) is 3.32. The quantitative estimate of drug-likeness (QED) is 0.640. The first-order valence-corrected chi connectivity index (χ1v) is 12.4. The van der Waals surface area contributed by atoms with Gasteiger partial charge in [0.1, 0.15) is 0 Å². The highest BCUT2D eigenvalue weighted by atomic mass is 32.2. The Morgan fingerprint density at radius 2 is 1.74 bits per heavy atom. The van der Waals surface area contributed by atoms with Gasteiger partial charge in [0.05, 0.1) is 17.1 Å². The predicted octanol–water partition coefficient (Wildman–Crippen LogP) is 3.30. The fourth-order valence-electron chi connectivity index (χ4n) is 4.33. The summed E-state index contributed by atoms with van der Waals surface area (Å²) in [6.07, 6.45) is 4.16. The van der Waals surface area contributed by atoms with Crippen LogP contribution in [-0.2, 0) is 28.1 Å². The number of nitrogens with zero attached hydrogens (tertiary/aromatic N) is 2. The number of carbonyl (C=O) groups is 1. The van der Waals surface area contributed by atoms with Crippen molar-refractivity contribution in [3.63, 3.8) is 0 Å². The minimum absolute atomic E-state index is 0.0592. The molecule has 0 radical (unpaired) electrons. The average Bonchev–Trinajstić information content (AvgIpc) is 3.10. The molecule has 0 aliphatic carbocycles. The molecule has 2 heterocycles. The zero-order valence-corrected chi connectivity index (χ0v) is 18.9. The molecule has 1 saturated heterocycles. The topological polar surface area (TPSA) is 71.4 Å². The number of rotatable bonds is 6. The molecular weight excluding hydrogens is 410 g/mol. The SMILES string of the molecule is CCS(=O)(=O)c1ccc(N2CCC(NC(=O)Cc3cn(C)c4ccccc34)CC2)cc1. The second-order valence-electron chi connectivity index (χ2n) is 8.19. The third kappa shape index (κ3) is 4.61. The molecule has 31 heavy (non-hydrogen) atoms. The number of hydrogen-bond donors (Lipinski definition) is 1. The number of hydrogen-bond acceptors (Lipinski definition) is 4. The lowest BCUT2D eigenvalue weighted by Gasteiger charge is -2.34. The molecular formula is C24H29N3O3S. The second kappa shape index (κ2) is 8.75. The zero-order chi connectivity index (χ0) is 22.0. The normalized spacial score (nSPS) is 15.4. The molecule has 4 rings (SSSR count). The number of para-hydroxylation sites is 1. The number of fused-ring (bicyclic) bond motifs is 1. The molecule has 0 saturated carbocycles. The van der Waals surface area contributed by atoms with E-state index in [0.717, 1.165) is 48.1 Å². The van der Waals surface area contributed by atoms with Crippen LogP contribution in [-0.4, -0.2) is 43.8 Å². The molecule has 164 valence electrons. The minimum atomic E-state index is -3.17. The van der Waals surface area contributed by atoms with E-state index in [0.29, 0.717) is 11.3 Å². The molecule has 0 unspecified atom stereocenters. The van der Waals surface area contributed by atoms with Crippen molar-refractivity contribution in [3.8, 4) is 0 Å². The van der Waals surface area contributed by atoms with E-state index in [2.05, 4.69) is 26.9 Å². The van der Waals surface area contributed by atoms with E-state index in [-0.39, 0.29) is 17.7 Å². The molecule has 7 heteroatoms. The number of benzene rings is 2. The van der Waals surface area contributed by atoms with Crippen molar-refractivity contribution in [2.24, 2.45) is 7.05 Å². The van der Waals surface area contributed by atoms with E-state index >= 15 is 0 Å². The van der Waals surface area contributed by atoms with Gasteiger partial charge in [-0.25, -0.2) is 8.42 Å². The largest absolute Gasteiger partial charge is 0.371 e. The van der Waals surface area contributed by atoms with Crippen LogP contribution < -0.4 is 10.2 Å². The lowest BCUT2D eigenvalue weighted by molar-refractivity contribution is -0.121. The van der Waals surface area contributed by atoms with Crippen molar-refractivity contribution in [1.82, 2.24) is 9.88 Å². The van der Waals surface area contributed by atoms with Gasteiger partial charge in [-0.3, -0.25) is 4.79 Å². The fraction of sp³-hybridized carbons (Fsp3) is 0.375. The molecule has 0 spiro atoms. The number of carbonyl (C=O) groups excluding carboxylic acids is 1. The van der Waals surface area contributed by atoms with Gasteiger partial charge >= 0.3 is 0 Å². The van der Waals surface area contributed by atoms with Crippen LogP contribution in [0.3, 0.4) is 0 Å². The van der Waals surface area contributed by atoms with Crippen LogP contribution >= 0.6 is 0 Å². The molecule has 1 aromatic heterocycles. The van der Waals surface area contributed by atoms with E-state index in [1.807, 2.05) is 37.5 Å². The van der Waals surface area contributed by atoms with Crippen molar-refractivity contribution in [1.29, 1.82) is 0 Å². The summed E-state index contributed by atoms with van der Waals surface area (Å²) < 4.78 is 26.0. The summed E-state index contributed by atoms with van der Waals surface area (Å²) in [5.74, 6) is 0.167. The summed E-state index contributed by atoms with van der Waals surface area (Å²) in [4.78, 5) is 15.3. The maximum atomic E-state index is 12.7. The maximum Gasteiger partial charge on any atom is 0.224 e. The van der Waals surface area contributed by atoms with Crippen molar-refractivity contribution in [2.45, 2.75) is 37.1 Å². The van der Waals surface area contributed by atoms with Crippen LogP contribution in [0.25, 0.3) is 10.9 Å². The highest BCUT2D eigenvalue weighted by Gasteiger charge is 2.22. The van der Waals surface area contributed by atoms with Gasteiger partial charge in [0.15, 0.2) is 9.84 Å². The van der Waals surface area contributed by atoms with Crippen molar-refractivity contribution < 1.29 is 13.2 Å². The van der Waals surface area contributed by atoms with E-state index in [9.17, 15) is 13.2 Å². The molecule has 0 atom stereocenters. The van der Waals surface area contributed by atoms with Crippen LogP contribution in [0.4, 0.5) is 5.69 Å². The number of nitrogens with one attached hydrogen (secondary N) is 1. The van der Waals surface area contributed by atoms with Gasteiger partial charge in [-0.2, -0.15) is 0 Å². The minimum Gasteiger partial charge on any atom is -0.371 e. The Hall–Kier alpha value is -2.80. The number of aryl methyl sites for hydroxylation is 1. The van der Waals surface area contributed by atoms with Crippen LogP contribution in [0.1, 0.15) is 25.3 Å². The predicted molar refractivity (Wildman–Crippen MR) is 124 cm³/mol. The molecule has 1 amide bonds. The smallest absolute Gasteiger partial charge is 0.224 e. The Labute approximate surface area is 183 Å². The van der Waals surface area contributed by atoms with Gasteiger partial charge in [0.2, 0.25) is 5.91 Å². The van der Waals surface area contributed by atoms with Crippen LogP contribution in [0.15, 0.2) is 59.6 Å². The fourth-order valence-corrected chi connectivity index (χ4v) is 5.22. The Morgan fingerprint density at radius 3 is 2.42 bits per heavy atom. The molecule has 3 aromatic rings. The highest BCUT2D eigenvalue weighted by molar-refractivity contribution is 7.91.